The summed E-state index contributed by atoms with van der Waals surface area (Å²) in [7, 11) is 0. The first kappa shape index (κ1) is 28.5. The van der Waals surface area contributed by atoms with Gasteiger partial charge < -0.3 is 20.5 Å². The van der Waals surface area contributed by atoms with Gasteiger partial charge in [0.05, 0.1) is 5.41 Å². The third-order valence-electron chi connectivity index (χ3n) is 9.25. The molecule has 0 aromatic heterocycles. The Bertz CT molecular complexity index is 1310. The van der Waals surface area contributed by atoms with Crippen molar-refractivity contribution in [3.8, 4) is 16.9 Å². The highest BCUT2D eigenvalue weighted by Crippen LogP contribution is 2.45. The molecule has 1 spiro atoms. The molecule has 5 rings (SSSR count). The van der Waals surface area contributed by atoms with E-state index in [-0.39, 0.29) is 42.4 Å². The SMILES string of the molecule is CC(C)c1c(F)cccc1-c1cc(C(C)(C)C(=O)O)ccc1O[C@@H]1CC[C@@H](NC(=O)[C@@]2(F)CNC3(CCC3)C2)C1. The highest BCUT2D eigenvalue weighted by atomic mass is 19.1. The molecular formula is C32H40F2N2O4. The summed E-state index contributed by atoms with van der Waals surface area (Å²) < 4.78 is 36.9. The third-order valence-corrected chi connectivity index (χ3v) is 9.25. The van der Waals surface area contributed by atoms with Crippen LogP contribution in [-0.2, 0) is 15.0 Å². The normalized spacial score (nSPS) is 25.7. The van der Waals surface area contributed by atoms with Crippen molar-refractivity contribution in [2.45, 2.75) is 107 Å². The van der Waals surface area contributed by atoms with Gasteiger partial charge in [-0.05, 0) is 86.8 Å². The molecule has 1 amide bonds. The van der Waals surface area contributed by atoms with Crippen molar-refractivity contribution >= 4 is 11.9 Å². The summed E-state index contributed by atoms with van der Waals surface area (Å²) in [5.74, 6) is -1.41. The fourth-order valence-electron chi connectivity index (χ4n) is 6.49. The quantitative estimate of drug-likeness (QED) is 0.372. The highest BCUT2D eigenvalue weighted by molar-refractivity contribution is 5.86. The number of ether oxygens (including phenoxy) is 1. The average molecular weight is 555 g/mol. The summed E-state index contributed by atoms with van der Waals surface area (Å²) in [4.78, 5) is 24.9. The van der Waals surface area contributed by atoms with Crippen LogP contribution >= 0.6 is 0 Å². The fourth-order valence-corrected chi connectivity index (χ4v) is 6.49. The molecule has 40 heavy (non-hydrogen) atoms. The van der Waals surface area contributed by atoms with E-state index in [1.807, 2.05) is 19.9 Å². The minimum atomic E-state index is -1.88. The maximum atomic E-state index is 15.5. The van der Waals surface area contributed by atoms with Crippen LogP contribution in [0.1, 0.15) is 89.7 Å². The van der Waals surface area contributed by atoms with Crippen molar-refractivity contribution in [3.63, 3.8) is 0 Å². The van der Waals surface area contributed by atoms with Crippen molar-refractivity contribution in [2.24, 2.45) is 0 Å². The lowest BCUT2D eigenvalue weighted by Gasteiger charge is -2.38. The number of carboxylic acid groups (broad SMARTS) is 1. The van der Waals surface area contributed by atoms with E-state index in [0.717, 1.165) is 19.3 Å². The summed E-state index contributed by atoms with van der Waals surface area (Å²) >= 11 is 0. The van der Waals surface area contributed by atoms with Crippen LogP contribution in [0.3, 0.4) is 0 Å². The molecule has 0 bridgehead atoms. The van der Waals surface area contributed by atoms with Gasteiger partial charge in [-0.1, -0.05) is 32.0 Å². The Morgan fingerprint density at radius 1 is 1.15 bits per heavy atom. The van der Waals surface area contributed by atoms with Gasteiger partial charge in [0, 0.05) is 36.5 Å². The Morgan fingerprint density at radius 2 is 1.90 bits per heavy atom. The van der Waals surface area contributed by atoms with Crippen LogP contribution in [-0.4, -0.2) is 46.9 Å². The van der Waals surface area contributed by atoms with Crippen LogP contribution < -0.4 is 15.4 Å². The number of benzene rings is 2. The number of hydrogen-bond donors (Lipinski definition) is 3. The summed E-state index contributed by atoms with van der Waals surface area (Å²) in [5, 5.41) is 16.0. The molecule has 1 aliphatic heterocycles. The lowest BCUT2D eigenvalue weighted by Crippen LogP contribution is -2.49. The molecule has 0 radical (unpaired) electrons. The van der Waals surface area contributed by atoms with Gasteiger partial charge in [-0.25, -0.2) is 8.78 Å². The number of carbonyl (C=O) groups excluding carboxylic acids is 1. The minimum Gasteiger partial charge on any atom is -0.490 e. The molecule has 2 saturated carbocycles. The molecule has 1 heterocycles. The molecular weight excluding hydrogens is 514 g/mol. The number of carboxylic acids is 1. The zero-order valence-corrected chi connectivity index (χ0v) is 23.8. The van der Waals surface area contributed by atoms with Gasteiger partial charge in [0.25, 0.3) is 5.91 Å². The molecule has 0 unspecified atom stereocenters. The second-order valence-electron chi connectivity index (χ2n) is 12.8. The zero-order valence-electron chi connectivity index (χ0n) is 23.8. The number of amides is 1. The van der Waals surface area contributed by atoms with Crippen LogP contribution in [0.2, 0.25) is 0 Å². The Kier molecular flexibility index (Phi) is 7.44. The van der Waals surface area contributed by atoms with Gasteiger partial charge in [0.2, 0.25) is 5.67 Å². The number of rotatable bonds is 8. The highest BCUT2D eigenvalue weighted by Gasteiger charge is 2.55. The zero-order chi connectivity index (χ0) is 28.9. The van der Waals surface area contributed by atoms with Crippen LogP contribution in [0.4, 0.5) is 8.78 Å². The first-order chi connectivity index (χ1) is 18.8. The summed E-state index contributed by atoms with van der Waals surface area (Å²) in [6, 6.07) is 10.0. The first-order valence-corrected chi connectivity index (χ1v) is 14.4. The molecule has 6 nitrogen and oxygen atoms in total. The van der Waals surface area contributed by atoms with E-state index in [9.17, 15) is 19.1 Å². The van der Waals surface area contributed by atoms with Gasteiger partial charge in [-0.3, -0.25) is 9.59 Å². The second kappa shape index (κ2) is 10.4. The Morgan fingerprint density at radius 3 is 2.52 bits per heavy atom. The van der Waals surface area contributed by atoms with Crippen molar-refractivity contribution in [1.82, 2.24) is 10.6 Å². The van der Waals surface area contributed by atoms with Gasteiger partial charge in [0.1, 0.15) is 17.7 Å². The van der Waals surface area contributed by atoms with E-state index < -0.39 is 23.0 Å². The van der Waals surface area contributed by atoms with Gasteiger partial charge in [-0.2, -0.15) is 0 Å². The van der Waals surface area contributed by atoms with Crippen LogP contribution in [0.15, 0.2) is 36.4 Å². The number of nitrogens with one attached hydrogen (secondary N) is 2. The molecule has 3 aliphatic rings. The molecule has 216 valence electrons. The van der Waals surface area contributed by atoms with Gasteiger partial charge in [-0.15, -0.1) is 0 Å². The van der Waals surface area contributed by atoms with Crippen LogP contribution in [0.25, 0.3) is 11.1 Å². The van der Waals surface area contributed by atoms with Crippen molar-refractivity contribution < 1.29 is 28.2 Å². The third kappa shape index (κ3) is 5.22. The number of alkyl halides is 1. The molecule has 1 saturated heterocycles. The summed E-state index contributed by atoms with van der Waals surface area (Å²) in [6.07, 6.45) is 4.77. The predicted molar refractivity (Wildman–Crippen MR) is 150 cm³/mol. The molecule has 3 N–H and O–H groups in total. The number of carbonyl (C=O) groups is 2. The van der Waals surface area contributed by atoms with Crippen molar-refractivity contribution in [2.75, 3.05) is 6.54 Å². The van der Waals surface area contributed by atoms with E-state index in [1.54, 1.807) is 38.1 Å². The van der Waals surface area contributed by atoms with Crippen LogP contribution in [0.5, 0.6) is 5.75 Å². The van der Waals surface area contributed by atoms with E-state index in [1.165, 1.54) is 6.07 Å². The smallest absolute Gasteiger partial charge is 0.313 e. The predicted octanol–water partition coefficient (Wildman–Crippen LogP) is 6.02. The van der Waals surface area contributed by atoms with Crippen LogP contribution in [0, 0.1) is 5.82 Å². The fraction of sp³-hybridized carbons (Fsp3) is 0.562. The molecule has 2 aliphatic carbocycles. The monoisotopic (exact) mass is 554 g/mol. The number of aliphatic carboxylic acids is 1. The largest absolute Gasteiger partial charge is 0.490 e. The maximum Gasteiger partial charge on any atom is 0.313 e. The van der Waals surface area contributed by atoms with Crippen molar-refractivity contribution in [3.05, 3.63) is 53.3 Å². The minimum absolute atomic E-state index is 0.0553. The van der Waals surface area contributed by atoms with E-state index in [4.69, 9.17) is 4.74 Å². The number of hydrogen-bond acceptors (Lipinski definition) is 4. The van der Waals surface area contributed by atoms with E-state index >= 15 is 4.39 Å². The standard InChI is InChI=1S/C32H40F2N2O4/c1-19(2)27-23(7-5-8-25(27)33)24-15-20(30(3,4)29(38)39)9-12-26(24)40-22-11-10-21(16-22)36-28(37)32(34)17-31(35-18-32)13-6-14-31/h5,7-9,12,15,19,21-22,35H,6,10-11,13-14,16-18H2,1-4H3,(H,36,37)(H,38,39)/t21-,22-,32+/m1/s1. The van der Waals surface area contributed by atoms with E-state index in [0.29, 0.717) is 47.3 Å². The van der Waals surface area contributed by atoms with E-state index in [2.05, 4.69) is 10.6 Å². The van der Waals surface area contributed by atoms with Crippen molar-refractivity contribution in [1.29, 1.82) is 0 Å². The Hall–Kier alpha value is -3.00. The Labute approximate surface area is 234 Å². The van der Waals surface area contributed by atoms with Gasteiger partial charge in [0.15, 0.2) is 0 Å². The molecule has 3 atom stereocenters. The summed E-state index contributed by atoms with van der Waals surface area (Å²) in [6.45, 7) is 7.17. The number of halogens is 2. The molecule has 2 aromatic rings. The molecule has 2 aromatic carbocycles. The molecule has 8 heteroatoms. The lowest BCUT2D eigenvalue weighted by atomic mass is 9.74. The summed E-state index contributed by atoms with van der Waals surface area (Å²) in [5.41, 5.74) is -0.836. The average Bonchev–Trinajstić information content (AvgIpc) is 3.48. The lowest BCUT2D eigenvalue weighted by molar-refractivity contribution is -0.142. The maximum absolute atomic E-state index is 15.5. The Balaban J connectivity index is 1.36. The topological polar surface area (TPSA) is 87.7 Å². The molecule has 3 fully saturated rings. The second-order valence-corrected chi connectivity index (χ2v) is 12.8. The van der Waals surface area contributed by atoms with Gasteiger partial charge >= 0.3 is 5.97 Å². The first-order valence-electron chi connectivity index (χ1n) is 14.4.